The normalized spacial score (nSPS) is 10.5. The fourth-order valence-corrected chi connectivity index (χ4v) is 3.24. The average Bonchev–Trinajstić information content (AvgIpc) is 2.76. The third kappa shape index (κ3) is 3.36. The van der Waals surface area contributed by atoms with Crippen molar-refractivity contribution in [3.63, 3.8) is 0 Å². The van der Waals surface area contributed by atoms with Crippen molar-refractivity contribution >= 4 is 43.5 Å². The van der Waals surface area contributed by atoms with E-state index < -0.39 is 5.97 Å². The molecule has 1 heterocycles. The molecule has 0 saturated carbocycles. The zero-order valence-electron chi connectivity index (χ0n) is 9.91. The first kappa shape index (κ1) is 14.1. The van der Waals surface area contributed by atoms with Crippen LogP contribution in [0.2, 0.25) is 0 Å². The number of nitrogens with zero attached hydrogens (tertiary/aromatic N) is 1. The highest BCUT2D eigenvalue weighted by molar-refractivity contribution is 9.11. The predicted molar refractivity (Wildman–Crippen MR) is 77.4 cm³/mol. The predicted octanol–water partition coefficient (Wildman–Crippen LogP) is 3.82. The van der Waals surface area contributed by atoms with Crippen LogP contribution in [-0.2, 0) is 6.54 Å². The Morgan fingerprint density at radius 3 is 2.53 bits per heavy atom. The Kier molecular flexibility index (Phi) is 4.26. The molecular weight excluding hydrogens is 380 g/mol. The van der Waals surface area contributed by atoms with Crippen molar-refractivity contribution in [2.75, 3.05) is 5.32 Å². The lowest BCUT2D eigenvalue weighted by Gasteiger charge is -2.10. The van der Waals surface area contributed by atoms with Crippen molar-refractivity contribution < 1.29 is 14.4 Å². The summed E-state index contributed by atoms with van der Waals surface area (Å²) in [7, 11) is 0. The number of nitrogens with one attached hydrogen (secondary N) is 1. The van der Waals surface area contributed by atoms with Gasteiger partial charge < -0.3 is 14.9 Å². The maximum absolute atomic E-state index is 10.7. The largest absolute Gasteiger partial charge is 0.476 e. The Morgan fingerprint density at radius 2 is 2.00 bits per heavy atom. The van der Waals surface area contributed by atoms with Crippen molar-refractivity contribution in [1.82, 2.24) is 5.16 Å². The molecule has 5 nitrogen and oxygen atoms in total. The fraction of sp³-hybridized carbons (Fsp3) is 0.167. The first-order valence-electron chi connectivity index (χ1n) is 5.36. The first-order valence-corrected chi connectivity index (χ1v) is 6.94. The molecule has 0 amide bonds. The van der Waals surface area contributed by atoms with E-state index in [4.69, 9.17) is 9.63 Å². The van der Waals surface area contributed by atoms with Crippen molar-refractivity contribution in [2.45, 2.75) is 13.5 Å². The van der Waals surface area contributed by atoms with E-state index in [1.807, 2.05) is 19.1 Å². The Balaban J connectivity index is 2.12. The van der Waals surface area contributed by atoms with Crippen LogP contribution in [0.1, 0.15) is 21.8 Å². The Labute approximate surface area is 126 Å². The molecule has 0 aliphatic carbocycles. The van der Waals surface area contributed by atoms with Gasteiger partial charge in [0, 0.05) is 15.0 Å². The molecule has 2 aromatic rings. The number of rotatable bonds is 4. The third-order valence-electron chi connectivity index (χ3n) is 2.40. The second-order valence-corrected chi connectivity index (χ2v) is 5.65. The maximum Gasteiger partial charge on any atom is 0.358 e. The van der Waals surface area contributed by atoms with Gasteiger partial charge in [-0.25, -0.2) is 4.79 Å². The lowest BCUT2D eigenvalue weighted by Crippen LogP contribution is -2.00. The molecule has 0 radical (unpaired) electrons. The minimum atomic E-state index is -1.10. The summed E-state index contributed by atoms with van der Waals surface area (Å²) < 4.78 is 6.76. The van der Waals surface area contributed by atoms with Gasteiger partial charge in [-0.05, 0) is 56.5 Å². The molecule has 100 valence electrons. The van der Waals surface area contributed by atoms with Gasteiger partial charge in [-0.15, -0.1) is 0 Å². The van der Waals surface area contributed by atoms with Gasteiger partial charge >= 0.3 is 5.97 Å². The summed E-state index contributed by atoms with van der Waals surface area (Å²) in [6, 6.07) is 5.36. The van der Waals surface area contributed by atoms with Crippen LogP contribution in [0, 0.1) is 6.92 Å². The summed E-state index contributed by atoms with van der Waals surface area (Å²) >= 11 is 6.93. The quantitative estimate of drug-likeness (QED) is 0.831. The standard InChI is InChI=1S/C12H10Br2N2O3/c1-6-2-8(13)11(9(14)3-6)15-5-7-4-10(12(17)18)16-19-7/h2-4,15H,5H2,1H3,(H,17,18). The Morgan fingerprint density at radius 1 is 1.37 bits per heavy atom. The summed E-state index contributed by atoms with van der Waals surface area (Å²) in [6.45, 7) is 2.34. The highest BCUT2D eigenvalue weighted by Crippen LogP contribution is 2.32. The van der Waals surface area contributed by atoms with Gasteiger partial charge in [-0.2, -0.15) is 0 Å². The number of anilines is 1. The molecule has 1 aromatic carbocycles. The van der Waals surface area contributed by atoms with E-state index in [0.717, 1.165) is 20.2 Å². The van der Waals surface area contributed by atoms with Crippen LogP contribution in [0.4, 0.5) is 5.69 Å². The van der Waals surface area contributed by atoms with Crippen LogP contribution < -0.4 is 5.32 Å². The van der Waals surface area contributed by atoms with E-state index in [1.54, 1.807) is 0 Å². The van der Waals surface area contributed by atoms with E-state index in [2.05, 4.69) is 42.3 Å². The number of aromatic carboxylic acids is 1. The highest BCUT2D eigenvalue weighted by Gasteiger charge is 2.12. The molecule has 0 aliphatic heterocycles. The van der Waals surface area contributed by atoms with Crippen LogP contribution in [0.15, 0.2) is 31.7 Å². The average molecular weight is 390 g/mol. The van der Waals surface area contributed by atoms with E-state index in [1.165, 1.54) is 6.07 Å². The molecular formula is C12H10Br2N2O3. The number of hydrogen-bond acceptors (Lipinski definition) is 4. The molecule has 0 bridgehead atoms. The van der Waals surface area contributed by atoms with Gasteiger partial charge in [0.15, 0.2) is 11.5 Å². The smallest absolute Gasteiger partial charge is 0.358 e. The van der Waals surface area contributed by atoms with Crippen molar-refractivity contribution in [2.24, 2.45) is 0 Å². The molecule has 0 fully saturated rings. The van der Waals surface area contributed by atoms with E-state index in [-0.39, 0.29) is 5.69 Å². The summed E-state index contributed by atoms with van der Waals surface area (Å²) in [5.74, 6) is -0.649. The van der Waals surface area contributed by atoms with Gasteiger partial charge in [-0.3, -0.25) is 0 Å². The SMILES string of the molecule is Cc1cc(Br)c(NCc2cc(C(=O)O)no2)c(Br)c1. The second-order valence-electron chi connectivity index (χ2n) is 3.94. The molecule has 7 heteroatoms. The number of hydrogen-bond donors (Lipinski definition) is 2. The molecule has 2 rings (SSSR count). The van der Waals surface area contributed by atoms with Gasteiger partial charge in [0.1, 0.15) is 0 Å². The van der Waals surface area contributed by atoms with Crippen LogP contribution in [0.5, 0.6) is 0 Å². The lowest BCUT2D eigenvalue weighted by atomic mass is 10.2. The Bertz CT molecular complexity index is 602. The molecule has 0 atom stereocenters. The highest BCUT2D eigenvalue weighted by atomic mass is 79.9. The zero-order chi connectivity index (χ0) is 14.0. The van der Waals surface area contributed by atoms with E-state index in [0.29, 0.717) is 12.3 Å². The number of aromatic nitrogens is 1. The molecule has 0 unspecified atom stereocenters. The monoisotopic (exact) mass is 388 g/mol. The minimum absolute atomic E-state index is 0.0983. The first-order chi connectivity index (χ1) is 8.97. The number of carboxylic acids is 1. The van der Waals surface area contributed by atoms with Gasteiger partial charge in [0.05, 0.1) is 12.2 Å². The number of carbonyl (C=O) groups is 1. The summed E-state index contributed by atoms with van der Waals surface area (Å²) in [5, 5.41) is 15.3. The fourth-order valence-electron chi connectivity index (χ4n) is 1.54. The summed E-state index contributed by atoms with van der Waals surface area (Å²) in [6.07, 6.45) is 0. The van der Waals surface area contributed by atoms with Gasteiger partial charge in [0.25, 0.3) is 0 Å². The van der Waals surface area contributed by atoms with E-state index >= 15 is 0 Å². The van der Waals surface area contributed by atoms with Crippen molar-refractivity contribution in [1.29, 1.82) is 0 Å². The summed E-state index contributed by atoms with van der Waals surface area (Å²) in [5.41, 5.74) is 1.90. The van der Waals surface area contributed by atoms with E-state index in [9.17, 15) is 4.79 Å². The number of carboxylic acid groups (broad SMARTS) is 1. The molecule has 19 heavy (non-hydrogen) atoms. The van der Waals surface area contributed by atoms with Gasteiger partial charge in [-0.1, -0.05) is 5.16 Å². The molecule has 0 saturated heterocycles. The van der Waals surface area contributed by atoms with Crippen molar-refractivity contribution in [3.8, 4) is 0 Å². The van der Waals surface area contributed by atoms with Crippen LogP contribution in [0.25, 0.3) is 0 Å². The Hall–Kier alpha value is -1.34. The van der Waals surface area contributed by atoms with Crippen LogP contribution >= 0.6 is 31.9 Å². The van der Waals surface area contributed by atoms with Crippen LogP contribution in [-0.4, -0.2) is 16.2 Å². The van der Waals surface area contributed by atoms with Gasteiger partial charge in [0.2, 0.25) is 0 Å². The number of benzene rings is 1. The van der Waals surface area contributed by atoms with Crippen LogP contribution in [0.3, 0.4) is 0 Å². The van der Waals surface area contributed by atoms with Crippen molar-refractivity contribution in [3.05, 3.63) is 44.2 Å². The summed E-state index contributed by atoms with van der Waals surface area (Å²) in [4.78, 5) is 10.7. The third-order valence-corrected chi connectivity index (χ3v) is 3.65. The minimum Gasteiger partial charge on any atom is -0.476 e. The number of aryl methyl sites for hydroxylation is 1. The number of halogens is 2. The molecule has 0 spiro atoms. The lowest BCUT2D eigenvalue weighted by molar-refractivity contribution is 0.0685. The maximum atomic E-state index is 10.7. The molecule has 0 aliphatic rings. The molecule has 1 aromatic heterocycles. The zero-order valence-corrected chi connectivity index (χ0v) is 13.1. The molecule has 2 N–H and O–H groups in total. The second kappa shape index (κ2) is 5.75. The topological polar surface area (TPSA) is 75.4 Å².